The van der Waals surface area contributed by atoms with Gasteiger partial charge in [-0.3, -0.25) is 0 Å². The summed E-state index contributed by atoms with van der Waals surface area (Å²) in [6, 6.07) is 0.0641. The Morgan fingerprint density at radius 1 is 1.39 bits per heavy atom. The fraction of sp³-hybridized carbons (Fsp3) is 1.00. The van der Waals surface area contributed by atoms with E-state index in [1.807, 2.05) is 7.05 Å². The van der Waals surface area contributed by atoms with E-state index in [2.05, 4.69) is 23.9 Å². The van der Waals surface area contributed by atoms with Gasteiger partial charge < -0.3 is 5.32 Å². The van der Waals surface area contributed by atoms with E-state index < -0.39 is 10.2 Å². The third kappa shape index (κ3) is 4.19. The summed E-state index contributed by atoms with van der Waals surface area (Å²) in [4.78, 5) is 0. The van der Waals surface area contributed by atoms with Crippen LogP contribution >= 0.6 is 0 Å². The molecule has 1 rings (SSSR count). The molecule has 0 heterocycles. The molecule has 1 fully saturated rings. The fourth-order valence-electron chi connectivity index (χ4n) is 2.41. The van der Waals surface area contributed by atoms with Crippen molar-refractivity contribution < 1.29 is 8.42 Å². The predicted octanol–water partition coefficient (Wildman–Crippen LogP) is 0.941. The minimum Gasteiger partial charge on any atom is -0.320 e. The van der Waals surface area contributed by atoms with Gasteiger partial charge in [-0.05, 0) is 38.3 Å². The molecule has 0 amide bonds. The van der Waals surface area contributed by atoms with Crippen molar-refractivity contribution in [1.29, 1.82) is 0 Å². The minimum atomic E-state index is -3.34. The van der Waals surface area contributed by atoms with Gasteiger partial charge in [0.15, 0.2) is 0 Å². The molecule has 0 spiro atoms. The first-order valence-corrected chi connectivity index (χ1v) is 8.12. The second kappa shape index (κ2) is 6.32. The molecule has 5 nitrogen and oxygen atoms in total. The molecule has 18 heavy (non-hydrogen) atoms. The first-order valence-electron chi connectivity index (χ1n) is 6.68. The number of hydrogen-bond acceptors (Lipinski definition) is 3. The Morgan fingerprint density at radius 3 is 2.56 bits per heavy atom. The lowest BCUT2D eigenvalue weighted by Gasteiger charge is -2.29. The van der Waals surface area contributed by atoms with Crippen LogP contribution in [0.5, 0.6) is 0 Å². The molecule has 0 saturated heterocycles. The third-order valence-electron chi connectivity index (χ3n) is 3.86. The summed E-state index contributed by atoms with van der Waals surface area (Å²) in [5.74, 6) is 0. The second-order valence-electron chi connectivity index (χ2n) is 5.83. The molecule has 1 aliphatic carbocycles. The Bertz CT molecular complexity index is 354. The van der Waals surface area contributed by atoms with Crippen LogP contribution < -0.4 is 10.0 Å². The maximum absolute atomic E-state index is 12.2. The normalized spacial score (nSPS) is 23.7. The molecule has 2 N–H and O–H groups in total. The van der Waals surface area contributed by atoms with Crippen LogP contribution in [-0.4, -0.2) is 45.9 Å². The lowest BCUT2D eigenvalue weighted by Crippen LogP contribution is -2.47. The van der Waals surface area contributed by atoms with E-state index in [9.17, 15) is 8.42 Å². The molecule has 108 valence electrons. The zero-order valence-corrected chi connectivity index (χ0v) is 12.8. The molecule has 1 unspecified atom stereocenters. The van der Waals surface area contributed by atoms with E-state index in [1.54, 1.807) is 7.05 Å². The standard InChI is InChI=1S/C12H27N3O2S/c1-12(2)8-5-7-11(12)14-18(16,17)15(4)10-6-9-13-3/h11,13-14H,5-10H2,1-4H3. The van der Waals surface area contributed by atoms with Gasteiger partial charge in [0.05, 0.1) is 0 Å². The van der Waals surface area contributed by atoms with Gasteiger partial charge in [-0.25, -0.2) is 0 Å². The minimum absolute atomic E-state index is 0.0641. The first-order chi connectivity index (χ1) is 8.29. The lowest BCUT2D eigenvalue weighted by atomic mass is 9.88. The molecule has 0 bridgehead atoms. The second-order valence-corrected chi connectivity index (χ2v) is 7.64. The highest BCUT2D eigenvalue weighted by Gasteiger charge is 2.37. The summed E-state index contributed by atoms with van der Waals surface area (Å²) < 4.78 is 28.6. The van der Waals surface area contributed by atoms with E-state index in [0.717, 1.165) is 32.2 Å². The van der Waals surface area contributed by atoms with Gasteiger partial charge in [0.2, 0.25) is 0 Å². The summed E-state index contributed by atoms with van der Waals surface area (Å²) >= 11 is 0. The maximum Gasteiger partial charge on any atom is 0.279 e. The molecule has 1 saturated carbocycles. The third-order valence-corrected chi connectivity index (χ3v) is 5.44. The average molecular weight is 277 g/mol. The van der Waals surface area contributed by atoms with Gasteiger partial charge in [0.1, 0.15) is 0 Å². The smallest absolute Gasteiger partial charge is 0.279 e. The summed E-state index contributed by atoms with van der Waals surface area (Å²) in [7, 11) is 0.168. The van der Waals surface area contributed by atoms with Crippen molar-refractivity contribution in [3.05, 3.63) is 0 Å². The van der Waals surface area contributed by atoms with Gasteiger partial charge in [0, 0.05) is 19.6 Å². The van der Waals surface area contributed by atoms with E-state index in [0.29, 0.717) is 6.54 Å². The fourth-order valence-corrected chi connectivity index (χ4v) is 3.76. The van der Waals surface area contributed by atoms with Crippen LogP contribution in [0.25, 0.3) is 0 Å². The van der Waals surface area contributed by atoms with Crippen molar-refractivity contribution in [3.8, 4) is 0 Å². The topological polar surface area (TPSA) is 61.4 Å². The lowest BCUT2D eigenvalue weighted by molar-refractivity contribution is 0.306. The van der Waals surface area contributed by atoms with Crippen LogP contribution in [0.1, 0.15) is 39.5 Å². The maximum atomic E-state index is 12.2. The number of rotatable bonds is 7. The molecule has 0 radical (unpaired) electrons. The van der Waals surface area contributed by atoms with Gasteiger partial charge >= 0.3 is 0 Å². The summed E-state index contributed by atoms with van der Waals surface area (Å²) in [6.07, 6.45) is 3.95. The molecule has 0 aromatic rings. The Labute approximate surface area is 112 Å². The van der Waals surface area contributed by atoms with Crippen molar-refractivity contribution in [2.75, 3.05) is 27.2 Å². The van der Waals surface area contributed by atoms with Crippen molar-refractivity contribution in [2.24, 2.45) is 5.41 Å². The summed E-state index contributed by atoms with van der Waals surface area (Å²) in [6.45, 7) is 5.64. The van der Waals surface area contributed by atoms with Crippen LogP contribution in [0.3, 0.4) is 0 Å². The number of nitrogens with one attached hydrogen (secondary N) is 2. The first kappa shape index (κ1) is 15.9. The molecular formula is C12H27N3O2S. The molecule has 6 heteroatoms. The van der Waals surface area contributed by atoms with Crippen molar-refractivity contribution in [1.82, 2.24) is 14.3 Å². The molecule has 0 aromatic heterocycles. The van der Waals surface area contributed by atoms with Gasteiger partial charge in [-0.15, -0.1) is 0 Å². The Morgan fingerprint density at radius 2 is 2.06 bits per heavy atom. The van der Waals surface area contributed by atoms with Crippen molar-refractivity contribution in [3.63, 3.8) is 0 Å². The predicted molar refractivity (Wildman–Crippen MR) is 74.6 cm³/mol. The van der Waals surface area contributed by atoms with Gasteiger partial charge in [-0.2, -0.15) is 17.4 Å². The van der Waals surface area contributed by atoms with Crippen LogP contribution in [-0.2, 0) is 10.2 Å². The van der Waals surface area contributed by atoms with E-state index in [4.69, 9.17) is 0 Å². The largest absolute Gasteiger partial charge is 0.320 e. The Kier molecular flexibility index (Phi) is 5.58. The SMILES string of the molecule is CNCCCN(C)S(=O)(=O)NC1CCCC1(C)C. The number of nitrogens with zero attached hydrogens (tertiary/aromatic N) is 1. The Hall–Kier alpha value is -0.170. The molecule has 1 aliphatic rings. The van der Waals surface area contributed by atoms with Crippen molar-refractivity contribution >= 4 is 10.2 Å². The number of hydrogen-bond donors (Lipinski definition) is 2. The monoisotopic (exact) mass is 277 g/mol. The van der Waals surface area contributed by atoms with Gasteiger partial charge in [0.25, 0.3) is 10.2 Å². The molecule has 0 aromatic carbocycles. The quantitative estimate of drug-likeness (QED) is 0.681. The Balaban J connectivity index is 2.53. The molecule has 1 atom stereocenters. The van der Waals surface area contributed by atoms with Crippen LogP contribution in [0.2, 0.25) is 0 Å². The van der Waals surface area contributed by atoms with Crippen LogP contribution in [0.4, 0.5) is 0 Å². The highest BCUT2D eigenvalue weighted by molar-refractivity contribution is 7.87. The summed E-state index contributed by atoms with van der Waals surface area (Å²) in [5.41, 5.74) is 0.0683. The zero-order chi connectivity index (χ0) is 13.8. The van der Waals surface area contributed by atoms with E-state index in [-0.39, 0.29) is 11.5 Å². The van der Waals surface area contributed by atoms with E-state index >= 15 is 0 Å². The van der Waals surface area contributed by atoms with Crippen LogP contribution in [0.15, 0.2) is 0 Å². The van der Waals surface area contributed by atoms with Crippen molar-refractivity contribution in [2.45, 2.75) is 45.6 Å². The average Bonchev–Trinajstić information content (AvgIpc) is 2.58. The highest BCUT2D eigenvalue weighted by atomic mass is 32.2. The zero-order valence-electron chi connectivity index (χ0n) is 12.0. The highest BCUT2D eigenvalue weighted by Crippen LogP contribution is 2.37. The molecule has 0 aliphatic heterocycles. The van der Waals surface area contributed by atoms with Gasteiger partial charge in [-0.1, -0.05) is 20.3 Å². The molecular weight excluding hydrogens is 250 g/mol. The van der Waals surface area contributed by atoms with Crippen LogP contribution in [0, 0.1) is 5.41 Å². The van der Waals surface area contributed by atoms with E-state index in [1.165, 1.54) is 4.31 Å². The summed E-state index contributed by atoms with van der Waals surface area (Å²) in [5, 5.41) is 3.02.